The molecule has 0 spiro atoms. The molecule has 0 aromatic carbocycles. The van der Waals surface area contributed by atoms with Gasteiger partial charge in [-0.3, -0.25) is 0 Å². The molecular weight excluding hydrogens is 236 g/mol. The first kappa shape index (κ1) is 14.3. The van der Waals surface area contributed by atoms with E-state index in [9.17, 15) is 0 Å². The molecular formula is C15H26N4. The van der Waals surface area contributed by atoms with Gasteiger partial charge in [-0.05, 0) is 37.4 Å². The Kier molecular flexibility index (Phi) is 4.40. The van der Waals surface area contributed by atoms with Crippen LogP contribution in [0.4, 0.5) is 5.82 Å². The van der Waals surface area contributed by atoms with Crippen molar-refractivity contribution in [3.63, 3.8) is 0 Å². The maximum atomic E-state index is 4.30. The average molecular weight is 262 g/mol. The van der Waals surface area contributed by atoms with Crippen LogP contribution in [-0.2, 0) is 0 Å². The fourth-order valence-electron chi connectivity index (χ4n) is 2.59. The van der Waals surface area contributed by atoms with Crippen LogP contribution >= 0.6 is 0 Å². The molecule has 1 aliphatic rings. The largest absolute Gasteiger partial charge is 0.354 e. The van der Waals surface area contributed by atoms with Crippen LogP contribution in [0.15, 0.2) is 12.1 Å². The van der Waals surface area contributed by atoms with E-state index in [0.29, 0.717) is 5.41 Å². The zero-order chi connectivity index (χ0) is 13.9. The molecule has 1 aliphatic heterocycles. The highest BCUT2D eigenvalue weighted by Crippen LogP contribution is 2.18. The zero-order valence-electron chi connectivity index (χ0n) is 12.7. The molecule has 0 radical (unpaired) electrons. The van der Waals surface area contributed by atoms with E-state index in [0.717, 1.165) is 31.1 Å². The first-order valence-electron chi connectivity index (χ1n) is 7.22. The van der Waals surface area contributed by atoms with Gasteiger partial charge in [-0.15, -0.1) is 5.10 Å². The minimum atomic E-state index is 0.374. The Morgan fingerprint density at radius 3 is 2.47 bits per heavy atom. The van der Waals surface area contributed by atoms with Gasteiger partial charge >= 0.3 is 0 Å². The first-order valence-corrected chi connectivity index (χ1v) is 7.22. The third kappa shape index (κ3) is 4.46. The van der Waals surface area contributed by atoms with Crippen molar-refractivity contribution in [2.45, 2.75) is 34.1 Å². The number of aromatic nitrogens is 2. The van der Waals surface area contributed by atoms with Crippen molar-refractivity contribution in [1.82, 2.24) is 15.1 Å². The SMILES string of the molecule is Cc1ccc(N2CCCN(CC(C)(C)C)CC2)nn1. The minimum absolute atomic E-state index is 0.374. The van der Waals surface area contributed by atoms with Crippen molar-refractivity contribution in [2.24, 2.45) is 5.41 Å². The first-order chi connectivity index (χ1) is 8.94. The minimum Gasteiger partial charge on any atom is -0.354 e. The van der Waals surface area contributed by atoms with Crippen LogP contribution in [-0.4, -0.2) is 47.8 Å². The van der Waals surface area contributed by atoms with Gasteiger partial charge in [-0.2, -0.15) is 5.10 Å². The molecule has 1 saturated heterocycles. The highest BCUT2D eigenvalue weighted by atomic mass is 15.3. The van der Waals surface area contributed by atoms with Crippen LogP contribution in [0, 0.1) is 12.3 Å². The Balaban J connectivity index is 1.95. The van der Waals surface area contributed by atoms with E-state index in [1.165, 1.54) is 19.5 Å². The molecule has 4 heteroatoms. The molecule has 0 saturated carbocycles. The van der Waals surface area contributed by atoms with Gasteiger partial charge in [-0.1, -0.05) is 20.8 Å². The lowest BCUT2D eigenvalue weighted by atomic mass is 9.96. The van der Waals surface area contributed by atoms with Crippen molar-refractivity contribution in [1.29, 1.82) is 0 Å². The van der Waals surface area contributed by atoms with E-state index >= 15 is 0 Å². The number of hydrogen-bond acceptors (Lipinski definition) is 4. The predicted octanol–water partition coefficient (Wildman–Crippen LogP) is 2.34. The quantitative estimate of drug-likeness (QED) is 0.819. The van der Waals surface area contributed by atoms with Gasteiger partial charge in [0.15, 0.2) is 5.82 Å². The second-order valence-corrected chi connectivity index (χ2v) is 6.71. The number of anilines is 1. The second-order valence-electron chi connectivity index (χ2n) is 6.71. The van der Waals surface area contributed by atoms with Gasteiger partial charge in [0.1, 0.15) is 0 Å². The lowest BCUT2D eigenvalue weighted by Gasteiger charge is -2.28. The Morgan fingerprint density at radius 1 is 1.05 bits per heavy atom. The Hall–Kier alpha value is -1.16. The highest BCUT2D eigenvalue weighted by Gasteiger charge is 2.20. The van der Waals surface area contributed by atoms with Crippen molar-refractivity contribution in [2.75, 3.05) is 37.6 Å². The topological polar surface area (TPSA) is 32.3 Å². The van der Waals surface area contributed by atoms with Crippen LogP contribution in [0.5, 0.6) is 0 Å². The zero-order valence-corrected chi connectivity index (χ0v) is 12.7. The molecule has 1 aromatic rings. The molecule has 0 unspecified atom stereocenters. The van der Waals surface area contributed by atoms with Crippen LogP contribution < -0.4 is 4.90 Å². The summed E-state index contributed by atoms with van der Waals surface area (Å²) < 4.78 is 0. The van der Waals surface area contributed by atoms with E-state index in [1.54, 1.807) is 0 Å². The Bertz CT molecular complexity index is 394. The summed E-state index contributed by atoms with van der Waals surface area (Å²) in [5.74, 6) is 1.02. The summed E-state index contributed by atoms with van der Waals surface area (Å²) in [4.78, 5) is 4.93. The van der Waals surface area contributed by atoms with E-state index in [2.05, 4.69) is 46.8 Å². The van der Waals surface area contributed by atoms with Crippen molar-refractivity contribution in [3.05, 3.63) is 17.8 Å². The summed E-state index contributed by atoms with van der Waals surface area (Å²) in [7, 11) is 0. The normalized spacial score (nSPS) is 18.4. The third-order valence-electron chi connectivity index (χ3n) is 3.39. The van der Waals surface area contributed by atoms with Crippen LogP contribution in [0.1, 0.15) is 32.9 Å². The average Bonchev–Trinajstić information content (AvgIpc) is 2.54. The summed E-state index contributed by atoms with van der Waals surface area (Å²) >= 11 is 0. The standard InChI is InChI=1S/C15H26N4/c1-13-6-7-14(17-16-13)19-9-5-8-18(10-11-19)12-15(2,3)4/h6-7H,5,8-12H2,1-4H3. The highest BCUT2D eigenvalue weighted by molar-refractivity contribution is 5.37. The Morgan fingerprint density at radius 2 is 1.84 bits per heavy atom. The van der Waals surface area contributed by atoms with Gasteiger partial charge in [0.05, 0.1) is 5.69 Å². The van der Waals surface area contributed by atoms with Gasteiger partial charge in [-0.25, -0.2) is 0 Å². The molecule has 0 atom stereocenters. The monoisotopic (exact) mass is 262 g/mol. The van der Waals surface area contributed by atoms with Crippen LogP contribution in [0.2, 0.25) is 0 Å². The van der Waals surface area contributed by atoms with E-state index in [-0.39, 0.29) is 0 Å². The van der Waals surface area contributed by atoms with Gasteiger partial charge in [0.25, 0.3) is 0 Å². The lowest BCUT2D eigenvalue weighted by molar-refractivity contribution is 0.202. The van der Waals surface area contributed by atoms with Crippen molar-refractivity contribution in [3.8, 4) is 0 Å². The third-order valence-corrected chi connectivity index (χ3v) is 3.39. The molecule has 0 aliphatic carbocycles. The van der Waals surface area contributed by atoms with E-state index in [1.807, 2.05) is 13.0 Å². The van der Waals surface area contributed by atoms with E-state index < -0.39 is 0 Å². The number of hydrogen-bond donors (Lipinski definition) is 0. The molecule has 106 valence electrons. The molecule has 0 bridgehead atoms. The molecule has 2 heterocycles. The maximum Gasteiger partial charge on any atom is 0.151 e. The number of nitrogens with zero attached hydrogens (tertiary/aromatic N) is 4. The molecule has 0 amide bonds. The fraction of sp³-hybridized carbons (Fsp3) is 0.733. The Labute approximate surface area is 116 Å². The molecule has 0 N–H and O–H groups in total. The van der Waals surface area contributed by atoms with Crippen LogP contribution in [0.3, 0.4) is 0 Å². The van der Waals surface area contributed by atoms with Gasteiger partial charge < -0.3 is 9.80 Å². The molecule has 1 aromatic heterocycles. The molecule has 4 nitrogen and oxygen atoms in total. The lowest BCUT2D eigenvalue weighted by Crippen LogP contribution is -2.36. The summed E-state index contributed by atoms with van der Waals surface area (Å²) in [5.41, 5.74) is 1.35. The summed E-state index contributed by atoms with van der Waals surface area (Å²) in [6, 6.07) is 4.13. The molecule has 2 rings (SSSR count). The summed E-state index contributed by atoms with van der Waals surface area (Å²) in [6.07, 6.45) is 1.20. The number of aryl methyl sites for hydroxylation is 1. The number of rotatable bonds is 2. The molecule has 19 heavy (non-hydrogen) atoms. The van der Waals surface area contributed by atoms with Crippen LogP contribution in [0.25, 0.3) is 0 Å². The summed E-state index contributed by atoms with van der Waals surface area (Å²) in [5, 5.41) is 8.46. The van der Waals surface area contributed by atoms with Crippen molar-refractivity contribution < 1.29 is 0 Å². The van der Waals surface area contributed by atoms with E-state index in [4.69, 9.17) is 0 Å². The molecule has 1 fully saturated rings. The van der Waals surface area contributed by atoms with Gasteiger partial charge in [0.2, 0.25) is 0 Å². The predicted molar refractivity (Wildman–Crippen MR) is 79.5 cm³/mol. The fourth-order valence-corrected chi connectivity index (χ4v) is 2.59. The smallest absolute Gasteiger partial charge is 0.151 e. The van der Waals surface area contributed by atoms with Gasteiger partial charge in [0, 0.05) is 26.2 Å². The maximum absolute atomic E-state index is 4.30. The summed E-state index contributed by atoms with van der Waals surface area (Å²) in [6.45, 7) is 14.5. The second kappa shape index (κ2) is 5.87. The van der Waals surface area contributed by atoms with Crippen molar-refractivity contribution >= 4 is 5.82 Å².